The Balaban J connectivity index is 1.85. The van der Waals surface area contributed by atoms with Crippen molar-refractivity contribution in [2.75, 3.05) is 44.8 Å². The highest BCUT2D eigenvalue weighted by atomic mass is 79.9. The molecule has 0 unspecified atom stereocenters. The Labute approximate surface area is 212 Å². The normalized spacial score (nSPS) is 14.5. The Morgan fingerprint density at radius 3 is 2.83 bits per heavy atom. The predicted molar refractivity (Wildman–Crippen MR) is 139 cm³/mol. The SMILES string of the molecule is CCOc1cc2ncc(C#N)c(Nc3cccc(Br)c3)c2cc1C(=CCN1CCOCC1)C(N)=O. The summed E-state index contributed by atoms with van der Waals surface area (Å²) in [4.78, 5) is 19.2. The van der Waals surface area contributed by atoms with Crippen LogP contribution in [0, 0.1) is 11.3 Å². The lowest BCUT2D eigenvalue weighted by Gasteiger charge is -2.25. The number of aromatic nitrogens is 1. The third-order valence-corrected chi connectivity index (χ3v) is 6.19. The summed E-state index contributed by atoms with van der Waals surface area (Å²) in [6.07, 6.45) is 3.36. The second-order valence-corrected chi connectivity index (χ2v) is 8.90. The van der Waals surface area contributed by atoms with Gasteiger partial charge in [-0.15, -0.1) is 0 Å². The number of hydrogen-bond acceptors (Lipinski definition) is 7. The Kier molecular flexibility index (Phi) is 7.98. The number of pyridine rings is 1. The van der Waals surface area contributed by atoms with Gasteiger partial charge in [0, 0.05) is 58.6 Å². The van der Waals surface area contributed by atoms with Gasteiger partial charge in [-0.1, -0.05) is 28.1 Å². The first kappa shape index (κ1) is 24.7. The molecule has 180 valence electrons. The maximum absolute atomic E-state index is 12.6. The molecule has 8 nitrogen and oxygen atoms in total. The lowest BCUT2D eigenvalue weighted by molar-refractivity contribution is -0.112. The van der Waals surface area contributed by atoms with Crippen LogP contribution in [-0.2, 0) is 9.53 Å². The number of carbonyl (C=O) groups is 1. The molecule has 0 spiro atoms. The van der Waals surface area contributed by atoms with Crippen LogP contribution < -0.4 is 15.8 Å². The molecule has 35 heavy (non-hydrogen) atoms. The maximum Gasteiger partial charge on any atom is 0.249 e. The Morgan fingerprint density at radius 2 is 2.14 bits per heavy atom. The van der Waals surface area contributed by atoms with Crippen molar-refractivity contribution in [3.63, 3.8) is 0 Å². The number of hydrogen-bond donors (Lipinski definition) is 2. The average Bonchev–Trinajstić information content (AvgIpc) is 2.85. The van der Waals surface area contributed by atoms with Crippen LogP contribution in [0.5, 0.6) is 5.75 Å². The van der Waals surface area contributed by atoms with Crippen LogP contribution in [0.4, 0.5) is 11.4 Å². The molecular weight excluding hydrogens is 510 g/mol. The number of primary amides is 1. The van der Waals surface area contributed by atoms with Crippen LogP contribution in [0.25, 0.3) is 16.5 Å². The Bertz CT molecular complexity index is 1310. The van der Waals surface area contributed by atoms with E-state index < -0.39 is 5.91 Å². The number of nitrogens with zero attached hydrogens (tertiary/aromatic N) is 3. The summed E-state index contributed by atoms with van der Waals surface area (Å²) in [5.74, 6) is -0.0397. The molecule has 0 radical (unpaired) electrons. The standard InChI is InChI=1S/C26H26BrN5O3/c1-2-35-24-14-23-22(13-21(24)20(26(29)33)6-7-32-8-10-34-11-9-32)25(17(15-28)16-30-23)31-19-5-3-4-18(27)12-19/h3-6,12-14,16H,2,7-11H2,1H3,(H2,29,33)(H,30,31). The van der Waals surface area contributed by atoms with Crippen molar-refractivity contribution in [2.24, 2.45) is 5.73 Å². The van der Waals surface area contributed by atoms with Crippen LogP contribution in [0.1, 0.15) is 18.1 Å². The lowest BCUT2D eigenvalue weighted by atomic mass is 9.99. The summed E-state index contributed by atoms with van der Waals surface area (Å²) in [6.45, 7) is 5.74. The van der Waals surface area contributed by atoms with E-state index in [0.717, 1.165) is 23.2 Å². The van der Waals surface area contributed by atoms with Crippen molar-refractivity contribution in [3.8, 4) is 11.8 Å². The fraction of sp³-hybridized carbons (Fsp3) is 0.269. The molecule has 1 fully saturated rings. The Morgan fingerprint density at radius 1 is 1.34 bits per heavy atom. The largest absolute Gasteiger partial charge is 0.493 e. The number of halogens is 1. The van der Waals surface area contributed by atoms with Gasteiger partial charge in [-0.05, 0) is 31.2 Å². The van der Waals surface area contributed by atoms with Crippen LogP contribution in [0.3, 0.4) is 0 Å². The van der Waals surface area contributed by atoms with E-state index in [9.17, 15) is 10.1 Å². The fourth-order valence-electron chi connectivity index (χ4n) is 3.98. The number of morpholine rings is 1. The number of ether oxygens (including phenoxy) is 2. The highest BCUT2D eigenvalue weighted by Crippen LogP contribution is 2.36. The van der Waals surface area contributed by atoms with Crippen LogP contribution in [0.2, 0.25) is 0 Å². The van der Waals surface area contributed by atoms with Gasteiger partial charge < -0.3 is 20.5 Å². The number of anilines is 2. The highest BCUT2D eigenvalue weighted by molar-refractivity contribution is 9.10. The lowest BCUT2D eigenvalue weighted by Crippen LogP contribution is -2.36. The van der Waals surface area contributed by atoms with Crippen molar-refractivity contribution in [1.82, 2.24) is 9.88 Å². The van der Waals surface area contributed by atoms with Gasteiger partial charge >= 0.3 is 0 Å². The second-order valence-electron chi connectivity index (χ2n) is 7.99. The number of nitrogens with two attached hydrogens (primary N) is 1. The fourth-order valence-corrected chi connectivity index (χ4v) is 4.38. The first-order valence-electron chi connectivity index (χ1n) is 11.3. The maximum atomic E-state index is 12.6. The van der Waals surface area contributed by atoms with E-state index in [1.165, 1.54) is 6.20 Å². The first-order chi connectivity index (χ1) is 17.0. The molecule has 3 N–H and O–H groups in total. The summed E-state index contributed by atoms with van der Waals surface area (Å²) < 4.78 is 12.2. The van der Waals surface area contributed by atoms with Crippen LogP contribution in [-0.4, -0.2) is 55.2 Å². The number of rotatable bonds is 8. The van der Waals surface area contributed by atoms with E-state index in [1.54, 1.807) is 6.07 Å². The van der Waals surface area contributed by atoms with Gasteiger partial charge in [-0.3, -0.25) is 14.7 Å². The number of carbonyl (C=O) groups excluding carboxylic acids is 1. The molecule has 0 saturated carbocycles. The van der Waals surface area contributed by atoms with Crippen LogP contribution >= 0.6 is 15.9 Å². The van der Waals surface area contributed by atoms with Crippen molar-refractivity contribution < 1.29 is 14.3 Å². The first-order valence-corrected chi connectivity index (χ1v) is 12.1. The number of nitrogens with one attached hydrogen (secondary N) is 1. The van der Waals surface area contributed by atoms with Crippen molar-refractivity contribution >= 4 is 49.7 Å². The van der Waals surface area contributed by atoms with E-state index in [4.69, 9.17) is 15.2 Å². The van der Waals surface area contributed by atoms with Gasteiger partial charge in [0.05, 0.1) is 36.6 Å². The smallest absolute Gasteiger partial charge is 0.249 e. The minimum Gasteiger partial charge on any atom is -0.493 e. The van der Waals surface area contributed by atoms with Gasteiger partial charge in [-0.25, -0.2) is 0 Å². The topological polar surface area (TPSA) is 114 Å². The van der Waals surface area contributed by atoms with Gasteiger partial charge in [-0.2, -0.15) is 5.26 Å². The molecule has 1 saturated heterocycles. The molecule has 1 aliphatic rings. The summed E-state index contributed by atoms with van der Waals surface area (Å²) in [6, 6.07) is 13.5. The molecule has 2 heterocycles. The molecule has 0 atom stereocenters. The summed E-state index contributed by atoms with van der Waals surface area (Å²) in [5.41, 5.74) is 9.16. The molecule has 0 bridgehead atoms. The van der Waals surface area contributed by atoms with Crippen molar-refractivity contribution in [2.45, 2.75) is 6.92 Å². The molecule has 1 aliphatic heterocycles. The zero-order valence-electron chi connectivity index (χ0n) is 19.4. The zero-order chi connectivity index (χ0) is 24.8. The van der Waals surface area contributed by atoms with E-state index in [-0.39, 0.29) is 0 Å². The molecule has 3 aromatic rings. The monoisotopic (exact) mass is 535 g/mol. The zero-order valence-corrected chi connectivity index (χ0v) is 21.0. The highest BCUT2D eigenvalue weighted by Gasteiger charge is 2.20. The van der Waals surface area contributed by atoms with E-state index in [0.29, 0.717) is 65.4 Å². The van der Waals surface area contributed by atoms with Crippen LogP contribution in [0.15, 0.2) is 53.1 Å². The number of benzene rings is 2. The average molecular weight is 536 g/mol. The molecule has 0 aliphatic carbocycles. The third kappa shape index (κ3) is 5.80. The molecule has 2 aromatic carbocycles. The van der Waals surface area contributed by atoms with Gasteiger partial charge in [0.15, 0.2) is 0 Å². The van der Waals surface area contributed by atoms with Gasteiger partial charge in [0.2, 0.25) is 5.91 Å². The summed E-state index contributed by atoms with van der Waals surface area (Å²) in [5, 5.41) is 13.8. The Hall–Kier alpha value is -3.45. The molecule has 4 rings (SSSR count). The number of nitriles is 1. The quantitative estimate of drug-likeness (QED) is 0.415. The van der Waals surface area contributed by atoms with E-state index in [1.807, 2.05) is 43.3 Å². The molecule has 9 heteroatoms. The molecule has 1 aromatic heterocycles. The molecular formula is C26H26BrN5O3. The summed E-state index contributed by atoms with van der Waals surface area (Å²) in [7, 11) is 0. The minimum absolute atomic E-state index is 0.359. The third-order valence-electron chi connectivity index (χ3n) is 5.70. The van der Waals surface area contributed by atoms with Gasteiger partial charge in [0.1, 0.15) is 11.8 Å². The summed E-state index contributed by atoms with van der Waals surface area (Å²) >= 11 is 3.48. The van der Waals surface area contributed by atoms with E-state index >= 15 is 0 Å². The minimum atomic E-state index is -0.551. The van der Waals surface area contributed by atoms with E-state index in [2.05, 4.69) is 37.2 Å². The van der Waals surface area contributed by atoms with Crippen molar-refractivity contribution in [3.05, 3.63) is 64.3 Å². The predicted octanol–water partition coefficient (Wildman–Crippen LogP) is 4.21. The molecule has 1 amide bonds. The van der Waals surface area contributed by atoms with Crippen molar-refractivity contribution in [1.29, 1.82) is 5.26 Å². The number of amides is 1. The number of fused-ring (bicyclic) bond motifs is 1. The van der Waals surface area contributed by atoms with Gasteiger partial charge in [0.25, 0.3) is 0 Å². The second kappa shape index (κ2) is 11.3.